The molecule has 0 saturated carbocycles. The largest absolute Gasteiger partial charge is 0.290 e. The first-order valence-corrected chi connectivity index (χ1v) is 10.8. The Labute approximate surface area is 153 Å². The molecule has 1 heterocycles. The summed E-state index contributed by atoms with van der Waals surface area (Å²) in [6.07, 6.45) is 2.26. The minimum atomic E-state index is -3.02. The lowest BCUT2D eigenvalue weighted by molar-refractivity contribution is 0.232. The van der Waals surface area contributed by atoms with E-state index in [-0.39, 0.29) is 29.1 Å². The van der Waals surface area contributed by atoms with Crippen LogP contribution in [0.4, 0.5) is 4.39 Å². The summed E-state index contributed by atoms with van der Waals surface area (Å²) in [5, 5.41) is 17.3. The number of aromatic nitrogens is 2. The maximum atomic E-state index is 13.4. The molecular formula is C15H17FN4O4S2. The molecule has 2 aromatic rings. The summed E-state index contributed by atoms with van der Waals surface area (Å²) >= 11 is 1.26. The Bertz CT molecular complexity index is 929. The van der Waals surface area contributed by atoms with Crippen LogP contribution >= 0.6 is 11.8 Å². The predicted molar refractivity (Wildman–Crippen MR) is 93.7 cm³/mol. The van der Waals surface area contributed by atoms with Crippen molar-refractivity contribution in [3.8, 4) is 0 Å². The van der Waals surface area contributed by atoms with Crippen molar-refractivity contribution in [3.63, 3.8) is 0 Å². The Morgan fingerprint density at radius 3 is 3.04 bits per heavy atom. The minimum Gasteiger partial charge on any atom is -0.290 e. The van der Waals surface area contributed by atoms with Gasteiger partial charge in [0.15, 0.2) is 16.6 Å². The fourth-order valence-electron chi connectivity index (χ4n) is 2.57. The first-order valence-electron chi connectivity index (χ1n) is 7.77. The lowest BCUT2D eigenvalue weighted by Crippen LogP contribution is -2.25. The molecule has 2 N–H and O–H groups in total. The molecule has 0 saturated heterocycles. The van der Waals surface area contributed by atoms with E-state index in [1.807, 2.05) is 5.48 Å². The standard InChI is InChI=1S/C15H17FN4O4S2/c1-26(22,23)6-2-5-25-15-13(19-24-20-15)14(18-21)17-12-7-9-3-4-10(16)8-11(9)12/h3-4,8,12,21H,2,5-7H2,1H3,(H,17,18). The molecule has 0 radical (unpaired) electrons. The zero-order chi connectivity index (χ0) is 18.7. The van der Waals surface area contributed by atoms with Crippen LogP contribution < -0.4 is 5.48 Å². The number of hydrogen-bond donors (Lipinski definition) is 2. The van der Waals surface area contributed by atoms with Crippen LogP contribution in [0.3, 0.4) is 0 Å². The first kappa shape index (κ1) is 18.8. The first-order chi connectivity index (χ1) is 12.4. The number of amidine groups is 1. The Morgan fingerprint density at radius 1 is 1.50 bits per heavy atom. The van der Waals surface area contributed by atoms with Gasteiger partial charge in [-0.1, -0.05) is 6.07 Å². The van der Waals surface area contributed by atoms with Crippen LogP contribution in [0.25, 0.3) is 0 Å². The molecule has 1 aliphatic carbocycles. The molecule has 1 aliphatic rings. The van der Waals surface area contributed by atoms with Gasteiger partial charge in [-0.3, -0.25) is 15.7 Å². The highest BCUT2D eigenvalue weighted by atomic mass is 32.2. The molecule has 26 heavy (non-hydrogen) atoms. The van der Waals surface area contributed by atoms with Gasteiger partial charge < -0.3 is 0 Å². The second-order valence-electron chi connectivity index (χ2n) is 5.90. The number of hydrogen-bond acceptors (Lipinski definition) is 8. The molecule has 0 bridgehead atoms. The smallest absolute Gasteiger partial charge is 0.185 e. The predicted octanol–water partition coefficient (Wildman–Crippen LogP) is 1.76. The zero-order valence-electron chi connectivity index (χ0n) is 13.8. The summed E-state index contributed by atoms with van der Waals surface area (Å²) in [6.45, 7) is 0. The molecule has 3 rings (SSSR count). The molecule has 0 fully saturated rings. The van der Waals surface area contributed by atoms with Crippen molar-refractivity contribution in [1.29, 1.82) is 0 Å². The Hall–Kier alpha value is -1.98. The number of aliphatic imine (C=N–C) groups is 1. The normalized spacial score (nSPS) is 16.9. The molecule has 1 aromatic carbocycles. The van der Waals surface area contributed by atoms with Crippen molar-refractivity contribution in [1.82, 2.24) is 15.8 Å². The lowest BCUT2D eigenvalue weighted by Gasteiger charge is -2.27. The highest BCUT2D eigenvalue weighted by Crippen LogP contribution is 2.37. The number of sulfone groups is 1. The van der Waals surface area contributed by atoms with Crippen LogP contribution in [0, 0.1) is 5.82 Å². The van der Waals surface area contributed by atoms with Gasteiger partial charge in [-0.15, -0.1) is 11.8 Å². The van der Waals surface area contributed by atoms with Gasteiger partial charge in [0.25, 0.3) is 0 Å². The van der Waals surface area contributed by atoms with Gasteiger partial charge >= 0.3 is 0 Å². The molecule has 8 nitrogen and oxygen atoms in total. The second-order valence-corrected chi connectivity index (χ2v) is 9.25. The number of benzene rings is 1. The fourth-order valence-corrected chi connectivity index (χ4v) is 4.26. The van der Waals surface area contributed by atoms with Gasteiger partial charge in [0, 0.05) is 12.0 Å². The number of hydroxylamine groups is 1. The molecule has 1 unspecified atom stereocenters. The van der Waals surface area contributed by atoms with Gasteiger partial charge in [-0.2, -0.15) is 0 Å². The van der Waals surface area contributed by atoms with Gasteiger partial charge in [-0.05, 0) is 46.4 Å². The molecule has 1 aromatic heterocycles. The van der Waals surface area contributed by atoms with E-state index in [1.165, 1.54) is 30.2 Å². The number of halogens is 1. The molecule has 1 atom stereocenters. The summed E-state index contributed by atoms with van der Waals surface area (Å²) < 4.78 is 40.4. The Morgan fingerprint density at radius 2 is 2.31 bits per heavy atom. The number of nitrogens with one attached hydrogen (secondary N) is 1. The summed E-state index contributed by atoms with van der Waals surface area (Å²) in [7, 11) is -3.02. The summed E-state index contributed by atoms with van der Waals surface area (Å²) in [5.74, 6) is 0.290. The van der Waals surface area contributed by atoms with E-state index in [9.17, 15) is 18.0 Å². The average molecular weight is 400 g/mol. The zero-order valence-corrected chi connectivity index (χ0v) is 15.5. The van der Waals surface area contributed by atoms with Crippen LogP contribution in [0.15, 0.2) is 32.8 Å². The van der Waals surface area contributed by atoms with E-state index in [4.69, 9.17) is 4.63 Å². The molecule has 0 aliphatic heterocycles. The maximum Gasteiger partial charge on any atom is 0.185 e. The third-order valence-corrected chi connectivity index (χ3v) is 5.92. The number of nitrogens with zero attached hydrogens (tertiary/aromatic N) is 3. The van der Waals surface area contributed by atoms with Crippen LogP contribution in [-0.4, -0.2) is 47.5 Å². The molecular weight excluding hydrogens is 383 g/mol. The summed E-state index contributed by atoms with van der Waals surface area (Å²) in [6, 6.07) is 4.24. The van der Waals surface area contributed by atoms with Crippen molar-refractivity contribution in [3.05, 3.63) is 40.8 Å². The SMILES string of the molecule is CS(=O)(=O)CCCSc1nonc1C(=NC1Cc2ccc(F)cc21)NO. The van der Waals surface area contributed by atoms with Crippen molar-refractivity contribution in [2.24, 2.45) is 4.99 Å². The van der Waals surface area contributed by atoms with Gasteiger partial charge in [0.1, 0.15) is 15.7 Å². The van der Waals surface area contributed by atoms with E-state index in [2.05, 4.69) is 15.3 Å². The topological polar surface area (TPSA) is 118 Å². The fraction of sp³-hybridized carbons (Fsp3) is 0.400. The summed E-state index contributed by atoms with van der Waals surface area (Å²) in [5.41, 5.74) is 3.98. The average Bonchev–Trinajstić information content (AvgIpc) is 3.02. The van der Waals surface area contributed by atoms with E-state index in [0.29, 0.717) is 23.6 Å². The van der Waals surface area contributed by atoms with Crippen LogP contribution in [0.2, 0.25) is 0 Å². The highest BCUT2D eigenvalue weighted by molar-refractivity contribution is 7.99. The van der Waals surface area contributed by atoms with Crippen molar-refractivity contribution < 1.29 is 22.6 Å². The third kappa shape index (κ3) is 4.40. The van der Waals surface area contributed by atoms with E-state index >= 15 is 0 Å². The van der Waals surface area contributed by atoms with Crippen LogP contribution in [0.1, 0.15) is 29.3 Å². The van der Waals surface area contributed by atoms with Crippen molar-refractivity contribution >= 4 is 27.4 Å². The quantitative estimate of drug-likeness (QED) is 0.237. The molecule has 11 heteroatoms. The Kier molecular flexibility index (Phi) is 5.58. The van der Waals surface area contributed by atoms with E-state index in [0.717, 1.165) is 11.1 Å². The van der Waals surface area contributed by atoms with Crippen molar-refractivity contribution in [2.45, 2.75) is 23.9 Å². The highest BCUT2D eigenvalue weighted by Gasteiger charge is 2.28. The molecule has 0 amide bonds. The number of thioether (sulfide) groups is 1. The second kappa shape index (κ2) is 7.72. The van der Waals surface area contributed by atoms with Crippen LogP contribution in [-0.2, 0) is 16.3 Å². The summed E-state index contributed by atoms with van der Waals surface area (Å²) in [4.78, 5) is 4.37. The number of fused-ring (bicyclic) bond motifs is 1. The van der Waals surface area contributed by atoms with Gasteiger partial charge in [0.05, 0.1) is 11.8 Å². The van der Waals surface area contributed by atoms with E-state index in [1.54, 1.807) is 6.07 Å². The maximum absolute atomic E-state index is 13.4. The molecule has 140 valence electrons. The van der Waals surface area contributed by atoms with Crippen LogP contribution in [0.5, 0.6) is 0 Å². The molecule has 0 spiro atoms. The minimum absolute atomic E-state index is 0.0665. The van der Waals surface area contributed by atoms with Gasteiger partial charge in [-0.25, -0.2) is 17.4 Å². The monoisotopic (exact) mass is 400 g/mol. The lowest BCUT2D eigenvalue weighted by atomic mass is 9.83. The van der Waals surface area contributed by atoms with E-state index < -0.39 is 9.84 Å². The number of rotatable bonds is 7. The third-order valence-electron chi connectivity index (χ3n) is 3.85. The van der Waals surface area contributed by atoms with Crippen molar-refractivity contribution in [2.75, 3.05) is 17.8 Å². The Balaban J connectivity index is 1.71. The van der Waals surface area contributed by atoms with Gasteiger partial charge in [0.2, 0.25) is 0 Å².